The first-order valence-corrected chi connectivity index (χ1v) is 11.9. The van der Waals surface area contributed by atoms with E-state index in [9.17, 15) is 4.79 Å². The summed E-state index contributed by atoms with van der Waals surface area (Å²) in [7, 11) is 0. The van der Waals surface area contributed by atoms with Crippen LogP contribution in [0.15, 0.2) is 0 Å². The van der Waals surface area contributed by atoms with Crippen molar-refractivity contribution in [1.29, 1.82) is 0 Å². The summed E-state index contributed by atoms with van der Waals surface area (Å²) in [5.41, 5.74) is 0. The third-order valence-corrected chi connectivity index (χ3v) is 8.48. The fourth-order valence-electron chi connectivity index (χ4n) is 6.41. The number of rotatable bonds is 3. The van der Waals surface area contributed by atoms with Crippen molar-refractivity contribution in [3.8, 4) is 0 Å². The molecule has 4 atom stereocenters. The van der Waals surface area contributed by atoms with Gasteiger partial charge in [-0.3, -0.25) is 4.79 Å². The standard InChI is InChI=1S/C21H32N4OS/c1-14-22-23-21(27-14)24-12-16-11-17(13-24)19(10-15-6-3-2-4-7-15)25-18(16)8-5-9-20(25)26/h15-19H,2-13H2,1H3/t16-,17+,18+,19+/m1/s1. The van der Waals surface area contributed by atoms with Gasteiger partial charge in [0.05, 0.1) is 0 Å². The Labute approximate surface area is 166 Å². The van der Waals surface area contributed by atoms with Crippen molar-refractivity contribution in [2.24, 2.45) is 17.8 Å². The summed E-state index contributed by atoms with van der Waals surface area (Å²) in [5.74, 6) is 2.49. The molecule has 3 saturated heterocycles. The Hall–Kier alpha value is -1.17. The average Bonchev–Trinajstić information content (AvgIpc) is 3.12. The quantitative estimate of drug-likeness (QED) is 0.785. The van der Waals surface area contributed by atoms with Gasteiger partial charge in [0.1, 0.15) is 5.01 Å². The van der Waals surface area contributed by atoms with E-state index in [0.29, 0.717) is 29.8 Å². The van der Waals surface area contributed by atoms with Crippen LogP contribution < -0.4 is 4.90 Å². The van der Waals surface area contributed by atoms with Gasteiger partial charge in [0, 0.05) is 31.6 Å². The van der Waals surface area contributed by atoms with Crippen LogP contribution in [0.1, 0.15) is 69.2 Å². The predicted octanol–water partition coefficient (Wildman–Crippen LogP) is 4.02. The molecule has 0 aromatic carbocycles. The molecule has 3 aliphatic heterocycles. The van der Waals surface area contributed by atoms with Crippen molar-refractivity contribution < 1.29 is 4.79 Å². The Morgan fingerprint density at radius 2 is 1.85 bits per heavy atom. The van der Waals surface area contributed by atoms with Crippen LogP contribution in [-0.4, -0.2) is 46.2 Å². The number of fused-ring (bicyclic) bond motifs is 4. The molecule has 0 radical (unpaired) electrons. The van der Waals surface area contributed by atoms with E-state index >= 15 is 0 Å². The lowest BCUT2D eigenvalue weighted by Crippen LogP contribution is -2.65. The van der Waals surface area contributed by atoms with E-state index in [2.05, 4.69) is 20.0 Å². The molecule has 0 N–H and O–H groups in total. The normalized spacial score (nSPS) is 34.6. The number of carbonyl (C=O) groups excluding carboxylic acids is 1. The summed E-state index contributed by atoms with van der Waals surface area (Å²) in [6.45, 7) is 4.15. The first-order chi connectivity index (χ1) is 13.2. The van der Waals surface area contributed by atoms with Gasteiger partial charge in [-0.2, -0.15) is 0 Å². The zero-order chi connectivity index (χ0) is 18.4. The fraction of sp³-hybridized carbons (Fsp3) is 0.857. The highest BCUT2D eigenvalue weighted by molar-refractivity contribution is 7.15. The molecular weight excluding hydrogens is 356 g/mol. The Kier molecular flexibility index (Phi) is 4.87. The Morgan fingerprint density at radius 3 is 2.63 bits per heavy atom. The van der Waals surface area contributed by atoms with E-state index in [1.54, 1.807) is 11.3 Å². The molecule has 1 saturated carbocycles. The maximum absolute atomic E-state index is 13.0. The number of nitrogens with zero attached hydrogens (tertiary/aromatic N) is 4. The van der Waals surface area contributed by atoms with Crippen LogP contribution in [0.3, 0.4) is 0 Å². The van der Waals surface area contributed by atoms with Crippen molar-refractivity contribution in [2.45, 2.75) is 83.2 Å². The summed E-state index contributed by atoms with van der Waals surface area (Å²) in [5, 5.41) is 10.8. The van der Waals surface area contributed by atoms with Crippen molar-refractivity contribution in [1.82, 2.24) is 15.1 Å². The van der Waals surface area contributed by atoms with E-state index in [1.165, 1.54) is 51.4 Å². The van der Waals surface area contributed by atoms with Crippen LogP contribution in [0, 0.1) is 24.7 Å². The van der Waals surface area contributed by atoms with Crippen LogP contribution in [0.2, 0.25) is 0 Å². The summed E-state index contributed by atoms with van der Waals surface area (Å²) in [6.07, 6.45) is 12.5. The van der Waals surface area contributed by atoms with Crippen molar-refractivity contribution >= 4 is 22.4 Å². The molecule has 0 unspecified atom stereocenters. The van der Waals surface area contributed by atoms with Crippen LogP contribution in [-0.2, 0) is 4.79 Å². The fourth-order valence-corrected chi connectivity index (χ4v) is 7.12. The number of carbonyl (C=O) groups is 1. The van der Waals surface area contributed by atoms with Crippen LogP contribution >= 0.6 is 11.3 Å². The van der Waals surface area contributed by atoms with Crippen LogP contribution in [0.25, 0.3) is 0 Å². The third kappa shape index (κ3) is 3.39. The Bertz CT molecular complexity index is 685. The lowest BCUT2D eigenvalue weighted by Gasteiger charge is -2.57. The molecular formula is C21H32N4OS. The molecule has 2 bridgehead atoms. The zero-order valence-corrected chi connectivity index (χ0v) is 17.3. The number of hydrogen-bond acceptors (Lipinski definition) is 5. The van der Waals surface area contributed by atoms with Gasteiger partial charge in [-0.1, -0.05) is 43.4 Å². The van der Waals surface area contributed by atoms with Crippen molar-refractivity contribution in [3.63, 3.8) is 0 Å². The van der Waals surface area contributed by atoms with Crippen LogP contribution in [0.5, 0.6) is 0 Å². The summed E-state index contributed by atoms with van der Waals surface area (Å²) < 4.78 is 0. The van der Waals surface area contributed by atoms with E-state index in [1.807, 2.05) is 6.92 Å². The molecule has 0 spiro atoms. The summed E-state index contributed by atoms with van der Waals surface area (Å²) in [6, 6.07) is 0.923. The molecule has 148 valence electrons. The van der Waals surface area contributed by atoms with Crippen LogP contribution in [0.4, 0.5) is 5.13 Å². The molecule has 4 aliphatic rings. The van der Waals surface area contributed by atoms with E-state index in [-0.39, 0.29) is 0 Å². The van der Waals surface area contributed by atoms with Gasteiger partial charge >= 0.3 is 0 Å². The second-order valence-corrected chi connectivity index (χ2v) is 10.5. The maximum Gasteiger partial charge on any atom is 0.223 e. The lowest BCUT2D eigenvalue weighted by molar-refractivity contribution is -0.149. The Balaban J connectivity index is 1.41. The van der Waals surface area contributed by atoms with Crippen molar-refractivity contribution in [3.05, 3.63) is 5.01 Å². The number of anilines is 1. The molecule has 1 aromatic rings. The molecule has 27 heavy (non-hydrogen) atoms. The second kappa shape index (κ2) is 7.34. The van der Waals surface area contributed by atoms with Gasteiger partial charge < -0.3 is 9.80 Å². The number of aryl methyl sites for hydroxylation is 1. The SMILES string of the molecule is Cc1nnc(N2C[C@H]3C[C@@H](C2)[C@H](CC2CCCCC2)N2C(=O)CCC[C@@H]32)s1. The van der Waals surface area contributed by atoms with Gasteiger partial charge in [-0.15, -0.1) is 10.2 Å². The highest BCUT2D eigenvalue weighted by Crippen LogP contribution is 2.45. The minimum absolute atomic E-state index is 0.446. The van der Waals surface area contributed by atoms with Gasteiger partial charge in [0.2, 0.25) is 11.0 Å². The first-order valence-electron chi connectivity index (χ1n) is 11.1. The lowest BCUT2D eigenvalue weighted by atomic mass is 9.69. The minimum Gasteiger partial charge on any atom is -0.346 e. The molecule has 1 amide bonds. The summed E-state index contributed by atoms with van der Waals surface area (Å²) in [4.78, 5) is 17.9. The molecule has 1 aromatic heterocycles. The van der Waals surface area contributed by atoms with Gasteiger partial charge in [0.15, 0.2) is 0 Å². The Morgan fingerprint density at radius 1 is 1.04 bits per heavy atom. The number of amides is 1. The summed E-state index contributed by atoms with van der Waals surface area (Å²) >= 11 is 1.72. The highest BCUT2D eigenvalue weighted by Gasteiger charge is 2.50. The number of piperidine rings is 3. The van der Waals surface area contributed by atoms with Gasteiger partial charge in [-0.25, -0.2) is 0 Å². The van der Waals surface area contributed by atoms with E-state index < -0.39 is 0 Å². The smallest absolute Gasteiger partial charge is 0.223 e. The predicted molar refractivity (Wildman–Crippen MR) is 108 cm³/mol. The van der Waals surface area contributed by atoms with Crippen molar-refractivity contribution in [2.75, 3.05) is 18.0 Å². The maximum atomic E-state index is 13.0. The largest absolute Gasteiger partial charge is 0.346 e. The zero-order valence-electron chi connectivity index (χ0n) is 16.5. The average molecular weight is 389 g/mol. The number of aromatic nitrogens is 2. The third-order valence-electron chi connectivity index (χ3n) is 7.58. The molecule has 1 aliphatic carbocycles. The molecule has 4 fully saturated rings. The molecule has 4 heterocycles. The molecule has 5 rings (SSSR count). The minimum atomic E-state index is 0.446. The van der Waals surface area contributed by atoms with E-state index in [4.69, 9.17) is 0 Å². The molecule has 6 heteroatoms. The number of hydrogen-bond donors (Lipinski definition) is 0. The first kappa shape index (κ1) is 17.9. The monoisotopic (exact) mass is 388 g/mol. The molecule has 5 nitrogen and oxygen atoms in total. The second-order valence-electron chi connectivity index (χ2n) is 9.33. The topological polar surface area (TPSA) is 49.3 Å². The van der Waals surface area contributed by atoms with E-state index in [0.717, 1.165) is 42.0 Å². The van der Waals surface area contributed by atoms with Gasteiger partial charge in [-0.05, 0) is 50.4 Å². The van der Waals surface area contributed by atoms with Gasteiger partial charge in [0.25, 0.3) is 0 Å². The highest BCUT2D eigenvalue weighted by atomic mass is 32.1.